The van der Waals surface area contributed by atoms with Crippen molar-refractivity contribution in [2.75, 3.05) is 26.3 Å². The van der Waals surface area contributed by atoms with Gasteiger partial charge in [-0.1, -0.05) is 48.5 Å². The van der Waals surface area contributed by atoms with Gasteiger partial charge >= 0.3 is 12.1 Å². The fourth-order valence-electron chi connectivity index (χ4n) is 5.55. The van der Waals surface area contributed by atoms with Gasteiger partial charge in [-0.05, 0) is 47.9 Å². The zero-order valence-corrected chi connectivity index (χ0v) is 19.5. The summed E-state index contributed by atoms with van der Waals surface area (Å²) in [6.45, 7) is 1.18. The SMILES string of the molecule is O=C(NC[C@@H]1C[C@H](C(=O)N2CCCC[C@H]2C(=O)O)CO1)OCC1c2ccccc2-c2ccccc21. The van der Waals surface area contributed by atoms with Crippen LogP contribution in [-0.4, -0.2) is 66.4 Å². The zero-order chi connectivity index (χ0) is 24.4. The van der Waals surface area contributed by atoms with Gasteiger partial charge < -0.3 is 24.8 Å². The van der Waals surface area contributed by atoms with Gasteiger partial charge in [-0.2, -0.15) is 0 Å². The molecule has 0 radical (unpaired) electrons. The number of alkyl carbamates (subject to hydrolysis) is 1. The fraction of sp³-hybridized carbons (Fsp3) is 0.444. The molecule has 2 heterocycles. The molecule has 3 aliphatic rings. The lowest BCUT2D eigenvalue weighted by Gasteiger charge is -2.34. The van der Waals surface area contributed by atoms with E-state index in [0.29, 0.717) is 19.4 Å². The topological polar surface area (TPSA) is 105 Å². The molecular weight excluding hydrogens is 448 g/mol. The number of carbonyl (C=O) groups is 3. The molecule has 3 atom stereocenters. The summed E-state index contributed by atoms with van der Waals surface area (Å²) in [7, 11) is 0. The monoisotopic (exact) mass is 478 g/mol. The molecule has 8 heteroatoms. The van der Waals surface area contributed by atoms with Crippen LogP contribution in [0.3, 0.4) is 0 Å². The highest BCUT2D eigenvalue weighted by Crippen LogP contribution is 2.44. The summed E-state index contributed by atoms with van der Waals surface area (Å²) in [5.41, 5.74) is 4.65. The van der Waals surface area contributed by atoms with Gasteiger partial charge in [0, 0.05) is 19.0 Å². The molecule has 0 spiro atoms. The average molecular weight is 479 g/mol. The number of rotatable bonds is 6. The molecule has 8 nitrogen and oxygen atoms in total. The highest BCUT2D eigenvalue weighted by atomic mass is 16.5. The van der Waals surface area contributed by atoms with Crippen molar-refractivity contribution >= 4 is 18.0 Å². The second-order valence-corrected chi connectivity index (χ2v) is 9.48. The molecule has 184 valence electrons. The first-order valence-electron chi connectivity index (χ1n) is 12.3. The number of hydrogen-bond acceptors (Lipinski definition) is 5. The smallest absolute Gasteiger partial charge is 0.407 e. The predicted octanol–water partition coefficient (Wildman–Crippen LogP) is 3.40. The van der Waals surface area contributed by atoms with E-state index in [1.54, 1.807) is 0 Å². The van der Waals surface area contributed by atoms with Gasteiger partial charge in [0.2, 0.25) is 5.91 Å². The van der Waals surface area contributed by atoms with E-state index in [1.807, 2.05) is 24.3 Å². The normalized spacial score (nSPS) is 23.4. The Kier molecular flexibility index (Phi) is 6.72. The van der Waals surface area contributed by atoms with Crippen LogP contribution < -0.4 is 5.32 Å². The predicted molar refractivity (Wildman–Crippen MR) is 128 cm³/mol. The summed E-state index contributed by atoms with van der Waals surface area (Å²) in [6.07, 6.45) is 1.74. The third kappa shape index (κ3) is 4.75. The van der Waals surface area contributed by atoms with Crippen molar-refractivity contribution in [3.8, 4) is 11.1 Å². The van der Waals surface area contributed by atoms with Crippen molar-refractivity contribution in [1.29, 1.82) is 0 Å². The van der Waals surface area contributed by atoms with Crippen molar-refractivity contribution in [1.82, 2.24) is 10.2 Å². The summed E-state index contributed by atoms with van der Waals surface area (Å²) in [5, 5.41) is 12.2. The van der Waals surface area contributed by atoms with Crippen LogP contribution in [0.2, 0.25) is 0 Å². The molecule has 35 heavy (non-hydrogen) atoms. The molecule has 0 bridgehead atoms. The summed E-state index contributed by atoms with van der Waals surface area (Å²) in [4.78, 5) is 38.4. The Morgan fingerprint density at radius 2 is 1.71 bits per heavy atom. The summed E-state index contributed by atoms with van der Waals surface area (Å²) in [6, 6.07) is 15.6. The zero-order valence-electron chi connectivity index (χ0n) is 19.5. The number of benzene rings is 2. The second-order valence-electron chi connectivity index (χ2n) is 9.48. The van der Waals surface area contributed by atoms with E-state index in [0.717, 1.165) is 24.0 Å². The fourth-order valence-corrected chi connectivity index (χ4v) is 5.55. The number of aliphatic carboxylic acids is 1. The number of carbonyl (C=O) groups excluding carboxylic acids is 2. The van der Waals surface area contributed by atoms with Gasteiger partial charge in [-0.25, -0.2) is 9.59 Å². The molecule has 2 saturated heterocycles. The highest BCUT2D eigenvalue weighted by molar-refractivity contribution is 5.85. The number of piperidine rings is 1. The molecule has 5 rings (SSSR count). The number of carboxylic acid groups (broad SMARTS) is 1. The van der Waals surface area contributed by atoms with E-state index < -0.39 is 18.1 Å². The molecule has 2 fully saturated rings. The van der Waals surface area contributed by atoms with Gasteiger partial charge in [0.25, 0.3) is 0 Å². The van der Waals surface area contributed by atoms with E-state index >= 15 is 0 Å². The lowest BCUT2D eigenvalue weighted by atomic mass is 9.97. The van der Waals surface area contributed by atoms with E-state index in [1.165, 1.54) is 16.0 Å². The van der Waals surface area contributed by atoms with Crippen LogP contribution in [0.15, 0.2) is 48.5 Å². The molecule has 2 aromatic carbocycles. The second kappa shape index (κ2) is 10.1. The lowest BCUT2D eigenvalue weighted by molar-refractivity contribution is -0.153. The number of nitrogens with zero attached hydrogens (tertiary/aromatic N) is 1. The van der Waals surface area contributed by atoms with Crippen molar-refractivity contribution in [2.45, 2.75) is 43.7 Å². The quantitative estimate of drug-likeness (QED) is 0.659. The van der Waals surface area contributed by atoms with Crippen LogP contribution in [0.4, 0.5) is 4.79 Å². The van der Waals surface area contributed by atoms with Crippen LogP contribution in [0.1, 0.15) is 42.7 Å². The summed E-state index contributed by atoms with van der Waals surface area (Å²) >= 11 is 0. The Hall–Kier alpha value is -3.39. The van der Waals surface area contributed by atoms with Crippen LogP contribution in [0.5, 0.6) is 0 Å². The first-order valence-corrected chi connectivity index (χ1v) is 12.3. The number of likely N-dealkylation sites (tertiary alicyclic amines) is 1. The Morgan fingerprint density at radius 1 is 1.03 bits per heavy atom. The van der Waals surface area contributed by atoms with Crippen LogP contribution in [-0.2, 0) is 19.1 Å². The first-order chi connectivity index (χ1) is 17.0. The van der Waals surface area contributed by atoms with Crippen molar-refractivity contribution in [2.24, 2.45) is 5.92 Å². The van der Waals surface area contributed by atoms with E-state index in [9.17, 15) is 19.5 Å². The van der Waals surface area contributed by atoms with Gasteiger partial charge in [0.1, 0.15) is 12.6 Å². The van der Waals surface area contributed by atoms with Crippen molar-refractivity contribution in [3.05, 3.63) is 59.7 Å². The standard InChI is InChI=1S/C27H30N2O6/c30-25(29-12-6-5-11-24(29)26(31)32)17-13-18(34-15-17)14-28-27(33)35-16-23-21-9-3-1-7-19(21)20-8-2-4-10-22(20)23/h1-4,7-10,17-18,23-24H,5-6,11-16H2,(H,28,33)(H,31,32)/t17-,18-,24-/m0/s1. The van der Waals surface area contributed by atoms with Crippen LogP contribution >= 0.6 is 0 Å². The Balaban J connectivity index is 1.11. The average Bonchev–Trinajstić information content (AvgIpc) is 3.49. The minimum Gasteiger partial charge on any atom is -0.480 e. The van der Waals surface area contributed by atoms with E-state index in [-0.39, 0.29) is 43.6 Å². The highest BCUT2D eigenvalue weighted by Gasteiger charge is 2.39. The molecule has 2 amide bonds. The van der Waals surface area contributed by atoms with Crippen molar-refractivity contribution in [3.63, 3.8) is 0 Å². The lowest BCUT2D eigenvalue weighted by Crippen LogP contribution is -2.50. The third-order valence-electron chi connectivity index (χ3n) is 7.32. The van der Waals surface area contributed by atoms with E-state index in [4.69, 9.17) is 9.47 Å². The molecular formula is C27H30N2O6. The molecule has 0 saturated carbocycles. The number of fused-ring (bicyclic) bond motifs is 3. The first kappa shape index (κ1) is 23.4. The van der Waals surface area contributed by atoms with E-state index in [2.05, 4.69) is 29.6 Å². The minimum atomic E-state index is -0.953. The molecule has 2 aliphatic heterocycles. The molecule has 2 N–H and O–H groups in total. The minimum absolute atomic E-state index is 0.00962. The van der Waals surface area contributed by atoms with Gasteiger partial charge in [0.15, 0.2) is 0 Å². The van der Waals surface area contributed by atoms with Crippen molar-refractivity contribution < 1.29 is 29.0 Å². The maximum absolute atomic E-state index is 12.9. The Morgan fingerprint density at radius 3 is 2.40 bits per heavy atom. The van der Waals surface area contributed by atoms with Crippen LogP contribution in [0, 0.1) is 5.92 Å². The summed E-state index contributed by atoms with van der Waals surface area (Å²) in [5.74, 6) is -1.51. The van der Waals surface area contributed by atoms with Gasteiger partial charge in [0.05, 0.1) is 18.6 Å². The molecule has 2 aromatic rings. The number of ether oxygens (including phenoxy) is 2. The Labute approximate surface area is 204 Å². The third-order valence-corrected chi connectivity index (χ3v) is 7.32. The number of carboxylic acids is 1. The number of nitrogens with one attached hydrogen (secondary N) is 1. The van der Waals surface area contributed by atoms with Gasteiger partial charge in [-0.15, -0.1) is 0 Å². The summed E-state index contributed by atoms with van der Waals surface area (Å²) < 4.78 is 11.3. The molecule has 1 aliphatic carbocycles. The maximum atomic E-state index is 12.9. The largest absolute Gasteiger partial charge is 0.480 e. The van der Waals surface area contributed by atoms with Crippen LogP contribution in [0.25, 0.3) is 11.1 Å². The molecule has 0 unspecified atom stereocenters. The Bertz CT molecular complexity index is 1070. The number of amides is 2. The maximum Gasteiger partial charge on any atom is 0.407 e. The number of hydrogen-bond donors (Lipinski definition) is 2. The molecule has 0 aromatic heterocycles. The van der Waals surface area contributed by atoms with Gasteiger partial charge in [-0.3, -0.25) is 4.79 Å².